The van der Waals surface area contributed by atoms with Crippen molar-refractivity contribution in [2.75, 3.05) is 7.11 Å². The Balaban J connectivity index is 2.37. The Morgan fingerprint density at radius 1 is 1.41 bits per heavy atom. The predicted octanol–water partition coefficient (Wildman–Crippen LogP) is 3.04. The molecular weight excluding hydrogens is 214 g/mol. The van der Waals surface area contributed by atoms with Gasteiger partial charge in [0.15, 0.2) is 0 Å². The van der Waals surface area contributed by atoms with Gasteiger partial charge in [0.1, 0.15) is 17.1 Å². The van der Waals surface area contributed by atoms with E-state index in [1.807, 2.05) is 18.2 Å². The molecule has 1 heterocycles. The summed E-state index contributed by atoms with van der Waals surface area (Å²) in [4.78, 5) is 0. The second kappa shape index (κ2) is 4.57. The van der Waals surface area contributed by atoms with Gasteiger partial charge in [0.25, 0.3) is 0 Å². The predicted molar refractivity (Wildman–Crippen MR) is 68.5 cm³/mol. The number of rotatable bonds is 3. The van der Waals surface area contributed by atoms with Crippen LogP contribution in [0.15, 0.2) is 18.2 Å². The van der Waals surface area contributed by atoms with Crippen LogP contribution in [0.4, 0.5) is 0 Å². The molecule has 2 N–H and O–H groups in total. The van der Waals surface area contributed by atoms with E-state index in [9.17, 15) is 0 Å². The molecule has 3 heteroatoms. The summed E-state index contributed by atoms with van der Waals surface area (Å²) in [5.41, 5.74) is 7.22. The maximum Gasteiger partial charge on any atom is 0.125 e. The van der Waals surface area contributed by atoms with Crippen molar-refractivity contribution >= 4 is 0 Å². The molecule has 1 aromatic carbocycles. The number of fused-ring (bicyclic) bond motifs is 1. The third-order valence-corrected chi connectivity index (χ3v) is 3.82. The van der Waals surface area contributed by atoms with Crippen LogP contribution in [-0.4, -0.2) is 12.7 Å². The van der Waals surface area contributed by atoms with Gasteiger partial charge >= 0.3 is 0 Å². The zero-order valence-electron chi connectivity index (χ0n) is 10.8. The molecule has 0 saturated heterocycles. The van der Waals surface area contributed by atoms with Crippen LogP contribution in [0, 0.1) is 0 Å². The first-order valence-corrected chi connectivity index (χ1v) is 6.26. The highest BCUT2D eigenvalue weighted by Crippen LogP contribution is 2.42. The minimum absolute atomic E-state index is 0.0359. The lowest BCUT2D eigenvalue weighted by molar-refractivity contribution is 0.0281. The van der Waals surface area contributed by atoms with E-state index < -0.39 is 0 Å². The molecule has 0 amide bonds. The fourth-order valence-corrected chi connectivity index (χ4v) is 2.50. The van der Waals surface area contributed by atoms with Crippen LogP contribution >= 0.6 is 0 Å². The third-order valence-electron chi connectivity index (χ3n) is 3.82. The molecule has 1 aliphatic heterocycles. The average Bonchev–Trinajstić information content (AvgIpc) is 2.38. The van der Waals surface area contributed by atoms with E-state index in [1.165, 1.54) is 0 Å². The van der Waals surface area contributed by atoms with Gasteiger partial charge in [-0.05, 0) is 31.0 Å². The number of methoxy groups -OCH3 is 1. The summed E-state index contributed by atoms with van der Waals surface area (Å²) in [6, 6.07) is 5.91. The van der Waals surface area contributed by atoms with Crippen LogP contribution in [0.25, 0.3) is 0 Å². The van der Waals surface area contributed by atoms with Crippen LogP contribution in [0.5, 0.6) is 11.5 Å². The lowest BCUT2D eigenvalue weighted by Gasteiger charge is -2.40. The van der Waals surface area contributed by atoms with Crippen LogP contribution in [0.3, 0.4) is 0 Å². The molecule has 94 valence electrons. The zero-order chi connectivity index (χ0) is 12.5. The fraction of sp³-hybridized carbons (Fsp3) is 0.571. The topological polar surface area (TPSA) is 44.5 Å². The first-order valence-electron chi connectivity index (χ1n) is 6.26. The Hall–Kier alpha value is -1.22. The normalized spacial score (nSPS) is 21.5. The van der Waals surface area contributed by atoms with Gasteiger partial charge in [-0.1, -0.05) is 13.8 Å². The van der Waals surface area contributed by atoms with Crippen LogP contribution in [0.1, 0.15) is 44.7 Å². The third kappa shape index (κ3) is 2.12. The molecule has 1 atom stereocenters. The maximum atomic E-state index is 6.26. The van der Waals surface area contributed by atoms with E-state index in [-0.39, 0.29) is 11.6 Å². The summed E-state index contributed by atoms with van der Waals surface area (Å²) in [6.07, 6.45) is 2.85. The van der Waals surface area contributed by atoms with Crippen LogP contribution < -0.4 is 15.2 Å². The Bertz CT molecular complexity index is 399. The highest BCUT2D eigenvalue weighted by Gasteiger charge is 2.37. The summed E-state index contributed by atoms with van der Waals surface area (Å²) in [7, 11) is 1.67. The molecule has 1 aliphatic rings. The molecule has 0 aliphatic carbocycles. The van der Waals surface area contributed by atoms with Gasteiger partial charge in [-0.15, -0.1) is 0 Å². The second-order valence-corrected chi connectivity index (χ2v) is 4.71. The molecule has 17 heavy (non-hydrogen) atoms. The van der Waals surface area contributed by atoms with E-state index in [0.29, 0.717) is 0 Å². The van der Waals surface area contributed by atoms with Crippen molar-refractivity contribution in [3.05, 3.63) is 23.8 Å². The Kier molecular flexibility index (Phi) is 3.29. The Morgan fingerprint density at radius 3 is 2.71 bits per heavy atom. The first kappa shape index (κ1) is 12.2. The van der Waals surface area contributed by atoms with E-state index in [1.54, 1.807) is 7.11 Å². The van der Waals surface area contributed by atoms with Crippen molar-refractivity contribution in [3.63, 3.8) is 0 Å². The molecule has 1 aromatic rings. The van der Waals surface area contributed by atoms with Gasteiger partial charge in [-0.2, -0.15) is 0 Å². The van der Waals surface area contributed by atoms with Gasteiger partial charge < -0.3 is 15.2 Å². The van der Waals surface area contributed by atoms with Crippen molar-refractivity contribution in [1.29, 1.82) is 0 Å². The molecule has 2 rings (SSSR count). The highest BCUT2D eigenvalue weighted by atomic mass is 16.5. The number of ether oxygens (including phenoxy) is 2. The summed E-state index contributed by atoms with van der Waals surface area (Å²) in [6.45, 7) is 4.31. The van der Waals surface area contributed by atoms with Crippen molar-refractivity contribution in [2.45, 2.75) is 44.8 Å². The largest absolute Gasteiger partial charge is 0.497 e. The SMILES string of the molecule is CCC1(CC)C[C@H](N)c2cc(OC)ccc2O1. The molecule has 0 bridgehead atoms. The maximum absolute atomic E-state index is 6.26. The first-order chi connectivity index (χ1) is 8.14. The van der Waals surface area contributed by atoms with Crippen molar-refractivity contribution in [3.8, 4) is 11.5 Å². The molecule has 0 aromatic heterocycles. The Labute approximate surface area is 103 Å². The van der Waals surface area contributed by atoms with E-state index in [4.69, 9.17) is 15.2 Å². The second-order valence-electron chi connectivity index (χ2n) is 4.71. The average molecular weight is 235 g/mol. The molecule has 0 unspecified atom stereocenters. The standard InChI is InChI=1S/C14H21NO2/c1-4-14(5-2)9-12(15)11-8-10(16-3)6-7-13(11)17-14/h6-8,12H,4-5,9,15H2,1-3H3/t12-/m0/s1. The quantitative estimate of drug-likeness (QED) is 0.875. The minimum atomic E-state index is -0.0962. The Morgan fingerprint density at radius 2 is 2.12 bits per heavy atom. The van der Waals surface area contributed by atoms with Gasteiger partial charge in [0.05, 0.1) is 7.11 Å². The van der Waals surface area contributed by atoms with Crippen molar-refractivity contribution in [2.24, 2.45) is 5.73 Å². The minimum Gasteiger partial charge on any atom is -0.497 e. The van der Waals surface area contributed by atoms with Crippen molar-refractivity contribution in [1.82, 2.24) is 0 Å². The fourth-order valence-electron chi connectivity index (χ4n) is 2.50. The molecular formula is C14H21NO2. The lowest BCUT2D eigenvalue weighted by atomic mass is 9.84. The summed E-state index contributed by atoms with van der Waals surface area (Å²) in [5, 5.41) is 0. The molecule has 0 saturated carbocycles. The molecule has 3 nitrogen and oxygen atoms in total. The van der Waals surface area contributed by atoms with Crippen molar-refractivity contribution < 1.29 is 9.47 Å². The van der Waals surface area contributed by atoms with E-state index in [0.717, 1.165) is 36.3 Å². The van der Waals surface area contributed by atoms with Gasteiger partial charge in [0.2, 0.25) is 0 Å². The van der Waals surface area contributed by atoms with E-state index in [2.05, 4.69) is 13.8 Å². The number of nitrogens with two attached hydrogens (primary N) is 1. The number of hydrogen-bond acceptors (Lipinski definition) is 3. The van der Waals surface area contributed by atoms with Gasteiger partial charge in [-0.25, -0.2) is 0 Å². The summed E-state index contributed by atoms with van der Waals surface area (Å²) >= 11 is 0. The monoisotopic (exact) mass is 235 g/mol. The number of hydrogen-bond donors (Lipinski definition) is 1. The van der Waals surface area contributed by atoms with E-state index >= 15 is 0 Å². The lowest BCUT2D eigenvalue weighted by Crippen LogP contribution is -2.41. The summed E-state index contributed by atoms with van der Waals surface area (Å²) < 4.78 is 11.4. The molecule has 0 spiro atoms. The smallest absolute Gasteiger partial charge is 0.125 e. The zero-order valence-corrected chi connectivity index (χ0v) is 10.8. The van der Waals surface area contributed by atoms with Crippen LogP contribution in [0.2, 0.25) is 0 Å². The van der Waals surface area contributed by atoms with Gasteiger partial charge in [-0.3, -0.25) is 0 Å². The highest BCUT2D eigenvalue weighted by molar-refractivity contribution is 5.44. The van der Waals surface area contributed by atoms with Crippen LogP contribution in [-0.2, 0) is 0 Å². The molecule has 0 fully saturated rings. The number of benzene rings is 1. The molecule has 0 radical (unpaired) electrons. The van der Waals surface area contributed by atoms with Gasteiger partial charge in [0, 0.05) is 18.0 Å². The summed E-state index contributed by atoms with van der Waals surface area (Å²) in [5.74, 6) is 1.75.